The van der Waals surface area contributed by atoms with Crippen molar-refractivity contribution >= 4 is 27.8 Å². The summed E-state index contributed by atoms with van der Waals surface area (Å²) in [4.78, 5) is 0. The number of benzene rings is 2. The topological polar surface area (TPSA) is 33.6 Å². The van der Waals surface area contributed by atoms with Crippen LogP contribution in [-0.2, 0) is 0 Å². The lowest BCUT2D eigenvalue weighted by atomic mass is 10.2. The second-order valence-electron chi connectivity index (χ2n) is 4.49. The highest BCUT2D eigenvalue weighted by Crippen LogP contribution is 2.27. The van der Waals surface area contributed by atoms with E-state index in [0.29, 0.717) is 15.8 Å². The first-order valence-corrected chi connectivity index (χ1v) is 7.32. The van der Waals surface area contributed by atoms with Gasteiger partial charge in [-0.1, -0.05) is 21.9 Å². The van der Waals surface area contributed by atoms with Crippen LogP contribution in [0.1, 0.15) is 5.56 Å². The van der Waals surface area contributed by atoms with Crippen molar-refractivity contribution in [2.75, 3.05) is 12.0 Å². The van der Waals surface area contributed by atoms with E-state index in [-0.39, 0.29) is 6.61 Å². The van der Waals surface area contributed by atoms with Crippen LogP contribution in [0.3, 0.4) is 0 Å². The molecule has 1 N–H and O–H groups in total. The molecule has 0 saturated heterocycles. The molecule has 2 rings (SSSR count). The Labute approximate surface area is 147 Å². The summed E-state index contributed by atoms with van der Waals surface area (Å²) < 4.78 is 72.1. The summed E-state index contributed by atoms with van der Waals surface area (Å²) in [5.41, 5.74) is 0.881. The summed E-state index contributed by atoms with van der Waals surface area (Å²) in [5.74, 6) is -7.87. The molecule has 0 saturated carbocycles. The first kappa shape index (κ1) is 18.7. The Morgan fingerprint density at radius 3 is 2.28 bits per heavy atom. The van der Waals surface area contributed by atoms with Crippen molar-refractivity contribution in [3.8, 4) is 18.1 Å². The maximum atomic E-state index is 13.5. The second kappa shape index (κ2) is 7.98. The smallest absolute Gasteiger partial charge is 0.200 e. The molecule has 0 atom stereocenters. The quantitative estimate of drug-likeness (QED) is 0.192. The van der Waals surface area contributed by atoms with Crippen LogP contribution >= 0.6 is 15.9 Å². The summed E-state index contributed by atoms with van der Waals surface area (Å²) in [6.07, 6.45) is 6.17. The Hall–Kier alpha value is -2.60. The SMILES string of the molecule is C#CCOc1ccc(Br)cc1C=NNc1c(F)c(F)c(F)c(F)c1F. The molecule has 0 aliphatic rings. The molecule has 0 amide bonds. The zero-order valence-corrected chi connectivity index (χ0v) is 13.8. The van der Waals surface area contributed by atoms with Gasteiger partial charge < -0.3 is 4.74 Å². The van der Waals surface area contributed by atoms with Crippen LogP contribution in [-0.4, -0.2) is 12.8 Å². The number of hydrogen-bond acceptors (Lipinski definition) is 3. The minimum absolute atomic E-state index is 0.0342. The van der Waals surface area contributed by atoms with E-state index < -0.39 is 34.8 Å². The molecule has 0 heterocycles. The predicted octanol–water partition coefficient (Wildman–Crippen LogP) is 4.60. The summed E-state index contributed by atoms with van der Waals surface area (Å²) in [5, 5.41) is 3.49. The molecule has 9 heteroatoms. The average Bonchev–Trinajstić information content (AvgIpc) is 2.60. The van der Waals surface area contributed by atoms with E-state index in [1.54, 1.807) is 23.6 Å². The van der Waals surface area contributed by atoms with Crippen LogP contribution in [0.5, 0.6) is 5.75 Å². The first-order valence-electron chi connectivity index (χ1n) is 6.53. The van der Waals surface area contributed by atoms with Gasteiger partial charge in [-0.3, -0.25) is 5.43 Å². The van der Waals surface area contributed by atoms with E-state index in [2.05, 4.69) is 27.0 Å². The fourth-order valence-corrected chi connectivity index (χ4v) is 2.12. The molecule has 0 unspecified atom stereocenters. The van der Waals surface area contributed by atoms with E-state index in [9.17, 15) is 22.0 Å². The van der Waals surface area contributed by atoms with Crippen molar-refractivity contribution in [3.63, 3.8) is 0 Å². The van der Waals surface area contributed by atoms with Gasteiger partial charge in [-0.25, -0.2) is 22.0 Å². The third-order valence-corrected chi connectivity index (χ3v) is 3.37. The van der Waals surface area contributed by atoms with Crippen LogP contribution < -0.4 is 10.2 Å². The standard InChI is InChI=1S/C16H8BrF5N2O/c1-2-5-25-10-4-3-9(17)6-8(10)7-23-24-16-14(21)12(19)11(18)13(20)15(16)22/h1,3-4,6-7,24H,5H2. The van der Waals surface area contributed by atoms with Crippen LogP contribution in [0.4, 0.5) is 27.6 Å². The highest BCUT2D eigenvalue weighted by Gasteiger charge is 2.25. The fourth-order valence-electron chi connectivity index (χ4n) is 1.74. The average molecular weight is 419 g/mol. The van der Waals surface area contributed by atoms with Gasteiger partial charge in [-0.2, -0.15) is 5.10 Å². The van der Waals surface area contributed by atoms with Crippen LogP contribution in [0.15, 0.2) is 27.8 Å². The third-order valence-electron chi connectivity index (χ3n) is 2.87. The lowest BCUT2D eigenvalue weighted by Gasteiger charge is -2.08. The van der Waals surface area contributed by atoms with Crippen LogP contribution in [0.2, 0.25) is 0 Å². The van der Waals surface area contributed by atoms with E-state index in [0.717, 1.165) is 6.21 Å². The highest BCUT2D eigenvalue weighted by molar-refractivity contribution is 9.10. The maximum Gasteiger partial charge on any atom is 0.200 e. The monoisotopic (exact) mass is 418 g/mol. The van der Waals surface area contributed by atoms with E-state index >= 15 is 0 Å². The van der Waals surface area contributed by atoms with Crippen LogP contribution in [0.25, 0.3) is 0 Å². The largest absolute Gasteiger partial charge is 0.480 e. The van der Waals surface area contributed by atoms with Gasteiger partial charge in [-0.05, 0) is 18.2 Å². The number of hydrazone groups is 1. The van der Waals surface area contributed by atoms with Crippen molar-refractivity contribution in [3.05, 3.63) is 57.3 Å². The van der Waals surface area contributed by atoms with Crippen molar-refractivity contribution in [2.24, 2.45) is 5.10 Å². The van der Waals surface area contributed by atoms with Crippen molar-refractivity contribution in [1.82, 2.24) is 0 Å². The maximum absolute atomic E-state index is 13.5. The first-order chi connectivity index (χ1) is 11.9. The van der Waals surface area contributed by atoms with Crippen LogP contribution in [0, 0.1) is 41.4 Å². The molecule has 0 fully saturated rings. The normalized spacial score (nSPS) is 10.8. The van der Waals surface area contributed by atoms with Crippen molar-refractivity contribution in [1.29, 1.82) is 0 Å². The molecule has 0 bridgehead atoms. The number of hydrogen-bond donors (Lipinski definition) is 1. The molecule has 2 aromatic rings. The number of nitrogens with zero attached hydrogens (tertiary/aromatic N) is 1. The van der Waals surface area contributed by atoms with Gasteiger partial charge in [0.2, 0.25) is 5.82 Å². The molecule has 0 aliphatic carbocycles. The molecule has 0 aliphatic heterocycles. The Morgan fingerprint density at radius 2 is 1.68 bits per heavy atom. The molecule has 3 nitrogen and oxygen atoms in total. The Morgan fingerprint density at radius 1 is 1.08 bits per heavy atom. The molecule has 0 radical (unpaired) electrons. The summed E-state index contributed by atoms with van der Waals surface area (Å²) in [7, 11) is 0. The number of anilines is 1. The Balaban J connectivity index is 2.31. The third kappa shape index (κ3) is 4.09. The number of halogens is 6. The van der Waals surface area contributed by atoms with Gasteiger partial charge in [-0.15, -0.1) is 6.42 Å². The minimum atomic E-state index is -2.25. The Kier molecular flexibility index (Phi) is 5.98. The zero-order chi connectivity index (χ0) is 18.6. The summed E-state index contributed by atoms with van der Waals surface area (Å²) in [6.45, 7) is -0.0342. The zero-order valence-electron chi connectivity index (χ0n) is 12.2. The lowest BCUT2D eigenvalue weighted by molar-refractivity contribution is 0.370. The van der Waals surface area contributed by atoms with E-state index in [4.69, 9.17) is 11.2 Å². The molecule has 2 aromatic carbocycles. The molecule has 0 aromatic heterocycles. The molecular formula is C16H8BrF5N2O. The molecule has 25 heavy (non-hydrogen) atoms. The van der Waals surface area contributed by atoms with E-state index in [1.807, 2.05) is 0 Å². The summed E-state index contributed by atoms with van der Waals surface area (Å²) in [6, 6.07) is 4.76. The number of rotatable bonds is 5. The van der Waals surface area contributed by atoms with Gasteiger partial charge in [0.05, 0.1) is 6.21 Å². The fraction of sp³-hybridized carbons (Fsp3) is 0.0625. The lowest BCUT2D eigenvalue weighted by Crippen LogP contribution is -2.06. The van der Waals surface area contributed by atoms with Gasteiger partial charge in [0, 0.05) is 10.0 Å². The predicted molar refractivity (Wildman–Crippen MR) is 85.9 cm³/mol. The number of ether oxygens (including phenoxy) is 1. The second-order valence-corrected chi connectivity index (χ2v) is 5.41. The minimum Gasteiger partial charge on any atom is -0.480 e. The van der Waals surface area contributed by atoms with Crippen molar-refractivity contribution in [2.45, 2.75) is 0 Å². The molecular weight excluding hydrogens is 411 g/mol. The van der Waals surface area contributed by atoms with Gasteiger partial charge in [0.15, 0.2) is 23.3 Å². The van der Waals surface area contributed by atoms with Gasteiger partial charge >= 0.3 is 0 Å². The van der Waals surface area contributed by atoms with Gasteiger partial charge in [0.25, 0.3) is 0 Å². The Bertz CT molecular complexity index is 851. The highest BCUT2D eigenvalue weighted by atomic mass is 79.9. The molecule has 0 spiro atoms. The summed E-state index contributed by atoms with van der Waals surface area (Å²) >= 11 is 3.21. The van der Waals surface area contributed by atoms with Gasteiger partial charge in [0.1, 0.15) is 18.0 Å². The number of terminal acetylenes is 1. The van der Waals surface area contributed by atoms with E-state index in [1.165, 1.54) is 0 Å². The molecule has 130 valence electrons. The number of nitrogens with one attached hydrogen (secondary N) is 1. The van der Waals surface area contributed by atoms with Crippen molar-refractivity contribution < 1.29 is 26.7 Å².